The first-order chi connectivity index (χ1) is 16.2. The molecule has 3 rings (SSSR count). The predicted molar refractivity (Wildman–Crippen MR) is 128 cm³/mol. The van der Waals surface area contributed by atoms with Gasteiger partial charge in [0.1, 0.15) is 5.82 Å². The van der Waals surface area contributed by atoms with Crippen molar-refractivity contribution in [2.45, 2.75) is 19.0 Å². The van der Waals surface area contributed by atoms with E-state index >= 15 is 0 Å². The molecule has 8 nitrogen and oxygen atoms in total. The standard InChI is InChI=1S/C25H29FN4O4/c1-5-7-17(6-2)14-27(3)13-12-20-16-29(15-18-8-10-19(26)11-9-18)23(32)21-22(31)24(33)28(4)25(34)30(20)21/h5-11,20,31H,1-2,12-16H2,3-4H3/b17-7+. The highest BCUT2D eigenvalue weighted by Gasteiger charge is 2.36. The maximum absolute atomic E-state index is 13.3. The summed E-state index contributed by atoms with van der Waals surface area (Å²) in [6.07, 6.45) is 5.77. The highest BCUT2D eigenvalue weighted by atomic mass is 19.1. The fourth-order valence-electron chi connectivity index (χ4n) is 4.09. The lowest BCUT2D eigenvalue weighted by Gasteiger charge is -2.36. The Morgan fingerprint density at radius 1 is 1.24 bits per heavy atom. The van der Waals surface area contributed by atoms with Crippen LogP contribution < -0.4 is 11.2 Å². The molecule has 2 heterocycles. The predicted octanol–water partition coefficient (Wildman–Crippen LogP) is 2.21. The van der Waals surface area contributed by atoms with Crippen molar-refractivity contribution in [2.75, 3.05) is 26.7 Å². The summed E-state index contributed by atoms with van der Waals surface area (Å²) in [7, 11) is 3.19. The molecule has 0 saturated carbocycles. The fourth-order valence-corrected chi connectivity index (χ4v) is 4.09. The Hall–Kier alpha value is -3.72. The molecule has 0 spiro atoms. The number of amides is 1. The molecule has 1 amide bonds. The summed E-state index contributed by atoms with van der Waals surface area (Å²) >= 11 is 0. The van der Waals surface area contributed by atoms with E-state index in [2.05, 4.69) is 13.2 Å². The smallest absolute Gasteiger partial charge is 0.331 e. The highest BCUT2D eigenvalue weighted by molar-refractivity contribution is 5.95. The van der Waals surface area contributed by atoms with Crippen LogP contribution in [0.2, 0.25) is 0 Å². The number of hydrogen-bond donors (Lipinski definition) is 1. The van der Waals surface area contributed by atoms with Gasteiger partial charge in [0.05, 0.1) is 6.04 Å². The van der Waals surface area contributed by atoms with E-state index in [9.17, 15) is 23.9 Å². The lowest BCUT2D eigenvalue weighted by molar-refractivity contribution is 0.0625. The van der Waals surface area contributed by atoms with Gasteiger partial charge in [0.15, 0.2) is 5.69 Å². The topological polar surface area (TPSA) is 87.8 Å². The Morgan fingerprint density at radius 3 is 2.53 bits per heavy atom. The van der Waals surface area contributed by atoms with Crippen molar-refractivity contribution in [2.24, 2.45) is 7.05 Å². The minimum absolute atomic E-state index is 0.150. The molecule has 1 unspecified atom stereocenters. The second-order valence-corrected chi connectivity index (χ2v) is 8.39. The summed E-state index contributed by atoms with van der Waals surface area (Å²) in [4.78, 5) is 42.0. The van der Waals surface area contributed by atoms with Gasteiger partial charge >= 0.3 is 5.69 Å². The molecule has 1 N–H and O–H groups in total. The normalized spacial score (nSPS) is 16.0. The Labute approximate surface area is 197 Å². The van der Waals surface area contributed by atoms with Gasteiger partial charge in [-0.25, -0.2) is 9.18 Å². The van der Waals surface area contributed by atoms with Gasteiger partial charge in [0, 0.05) is 33.2 Å². The Bertz CT molecular complexity index is 1240. The zero-order valence-corrected chi connectivity index (χ0v) is 19.4. The largest absolute Gasteiger partial charge is 0.501 e. The van der Waals surface area contributed by atoms with Crippen LogP contribution in [0.3, 0.4) is 0 Å². The number of hydrogen-bond acceptors (Lipinski definition) is 5. The van der Waals surface area contributed by atoms with Gasteiger partial charge in [-0.2, -0.15) is 0 Å². The number of carbonyl (C=O) groups excluding carboxylic acids is 1. The van der Waals surface area contributed by atoms with Crippen LogP contribution in [-0.2, 0) is 13.6 Å². The fraction of sp³-hybridized carbons (Fsp3) is 0.320. The van der Waals surface area contributed by atoms with Crippen molar-refractivity contribution in [3.63, 3.8) is 0 Å². The van der Waals surface area contributed by atoms with E-state index in [1.807, 2.05) is 18.0 Å². The van der Waals surface area contributed by atoms with Crippen LogP contribution in [0.4, 0.5) is 4.39 Å². The monoisotopic (exact) mass is 468 g/mol. The molecule has 180 valence electrons. The number of carbonyl (C=O) groups is 1. The number of rotatable bonds is 9. The molecular formula is C25H29FN4O4. The van der Waals surface area contributed by atoms with Crippen molar-refractivity contribution in [3.05, 3.63) is 99.1 Å². The molecule has 0 fully saturated rings. The Kier molecular flexibility index (Phi) is 7.68. The van der Waals surface area contributed by atoms with Gasteiger partial charge in [-0.05, 0) is 36.7 Å². The van der Waals surface area contributed by atoms with Crippen LogP contribution in [0.25, 0.3) is 0 Å². The third-order valence-corrected chi connectivity index (χ3v) is 5.93. The summed E-state index contributed by atoms with van der Waals surface area (Å²) in [5.41, 5.74) is -0.220. The third kappa shape index (κ3) is 5.09. The molecule has 1 aromatic heterocycles. The average Bonchev–Trinajstić information content (AvgIpc) is 2.82. The van der Waals surface area contributed by atoms with E-state index in [0.717, 1.165) is 10.1 Å². The van der Waals surface area contributed by atoms with E-state index in [0.29, 0.717) is 25.1 Å². The number of benzene rings is 1. The molecule has 1 aliphatic heterocycles. The summed E-state index contributed by atoms with van der Waals surface area (Å²) in [5, 5.41) is 10.5. The first kappa shape index (κ1) is 24.9. The van der Waals surface area contributed by atoms with E-state index < -0.39 is 34.8 Å². The molecule has 0 aliphatic carbocycles. The maximum Gasteiger partial charge on any atom is 0.331 e. The molecular weight excluding hydrogens is 439 g/mol. The lowest BCUT2D eigenvalue weighted by Crippen LogP contribution is -2.51. The molecule has 1 atom stereocenters. The summed E-state index contributed by atoms with van der Waals surface area (Å²) in [6.45, 7) is 9.03. The van der Waals surface area contributed by atoms with Crippen LogP contribution in [0, 0.1) is 5.82 Å². The molecule has 1 aromatic carbocycles. The zero-order valence-electron chi connectivity index (χ0n) is 19.4. The van der Waals surface area contributed by atoms with Crippen LogP contribution >= 0.6 is 0 Å². The Balaban J connectivity index is 1.94. The van der Waals surface area contributed by atoms with Crippen LogP contribution in [0.5, 0.6) is 5.75 Å². The van der Waals surface area contributed by atoms with E-state index in [-0.39, 0.29) is 18.8 Å². The summed E-state index contributed by atoms with van der Waals surface area (Å²) in [5.74, 6) is -1.77. The number of aromatic hydroxyl groups is 1. The molecule has 34 heavy (non-hydrogen) atoms. The van der Waals surface area contributed by atoms with E-state index in [1.165, 1.54) is 28.6 Å². The third-order valence-electron chi connectivity index (χ3n) is 5.93. The quantitative estimate of drug-likeness (QED) is 0.570. The Morgan fingerprint density at radius 2 is 1.91 bits per heavy atom. The number of likely N-dealkylation sites (N-methyl/N-ethyl adjacent to an activating group) is 1. The van der Waals surface area contributed by atoms with Crippen LogP contribution in [-0.4, -0.2) is 56.6 Å². The lowest BCUT2D eigenvalue weighted by atomic mass is 10.1. The number of fused-ring (bicyclic) bond motifs is 1. The molecule has 9 heteroatoms. The molecule has 0 radical (unpaired) electrons. The number of aromatic nitrogens is 2. The molecule has 1 aliphatic rings. The van der Waals surface area contributed by atoms with Gasteiger partial charge < -0.3 is 14.9 Å². The second kappa shape index (κ2) is 10.5. The average molecular weight is 469 g/mol. The number of halogens is 1. The van der Waals surface area contributed by atoms with Gasteiger partial charge in [-0.1, -0.05) is 43.5 Å². The van der Waals surface area contributed by atoms with Crippen molar-refractivity contribution in [3.8, 4) is 5.75 Å². The SMILES string of the molecule is C=C/C=C(\C=C)CN(C)CCC1CN(Cc2ccc(F)cc2)C(=O)c2c(O)c(=O)n(C)c(=O)n21. The number of nitrogens with zero attached hydrogens (tertiary/aromatic N) is 4. The molecule has 0 bridgehead atoms. The van der Waals surface area contributed by atoms with Gasteiger partial charge in [-0.3, -0.25) is 18.7 Å². The minimum Gasteiger partial charge on any atom is -0.501 e. The minimum atomic E-state index is -0.922. The molecule has 2 aromatic rings. The zero-order chi connectivity index (χ0) is 25.0. The van der Waals surface area contributed by atoms with Crippen molar-refractivity contribution in [1.29, 1.82) is 0 Å². The second-order valence-electron chi connectivity index (χ2n) is 8.39. The first-order valence-corrected chi connectivity index (χ1v) is 10.9. The summed E-state index contributed by atoms with van der Waals surface area (Å²) < 4.78 is 15.3. The maximum atomic E-state index is 13.3. The highest BCUT2D eigenvalue weighted by Crippen LogP contribution is 2.27. The van der Waals surface area contributed by atoms with Gasteiger partial charge in [0.25, 0.3) is 11.5 Å². The number of allylic oxidation sites excluding steroid dienone is 2. The van der Waals surface area contributed by atoms with Crippen molar-refractivity contribution in [1.82, 2.24) is 18.9 Å². The summed E-state index contributed by atoms with van der Waals surface area (Å²) in [6, 6.07) is 5.27. The van der Waals surface area contributed by atoms with Crippen LogP contribution in [0.15, 0.2) is 70.8 Å². The van der Waals surface area contributed by atoms with Gasteiger partial charge in [-0.15, -0.1) is 0 Å². The van der Waals surface area contributed by atoms with E-state index in [4.69, 9.17) is 0 Å². The van der Waals surface area contributed by atoms with Crippen molar-refractivity contribution < 1.29 is 14.3 Å². The first-order valence-electron chi connectivity index (χ1n) is 10.9. The van der Waals surface area contributed by atoms with Crippen molar-refractivity contribution >= 4 is 5.91 Å². The van der Waals surface area contributed by atoms with E-state index in [1.54, 1.807) is 24.3 Å². The van der Waals surface area contributed by atoms with Gasteiger partial charge in [0.2, 0.25) is 5.75 Å². The molecule has 0 saturated heterocycles. The van der Waals surface area contributed by atoms with Crippen LogP contribution in [0.1, 0.15) is 28.5 Å².